The Morgan fingerprint density at radius 2 is 2.24 bits per heavy atom. The molecule has 0 radical (unpaired) electrons. The van der Waals surface area contributed by atoms with Gasteiger partial charge < -0.3 is 15.3 Å². The molecule has 0 spiro atoms. The lowest BCUT2D eigenvalue weighted by Gasteiger charge is -2.27. The highest BCUT2D eigenvalue weighted by molar-refractivity contribution is 9.10. The van der Waals surface area contributed by atoms with Crippen LogP contribution in [0.4, 0.5) is 5.82 Å². The van der Waals surface area contributed by atoms with E-state index in [1.165, 1.54) is 12.8 Å². The zero-order valence-corrected chi connectivity index (χ0v) is 13.5. The second-order valence-electron chi connectivity index (χ2n) is 5.43. The van der Waals surface area contributed by atoms with Gasteiger partial charge in [-0.05, 0) is 31.5 Å². The maximum absolute atomic E-state index is 9.40. The van der Waals surface area contributed by atoms with Gasteiger partial charge in [-0.3, -0.25) is 0 Å². The van der Waals surface area contributed by atoms with E-state index in [1.807, 2.05) is 24.4 Å². The fraction of sp³-hybridized carbons (Fsp3) is 0.438. The Morgan fingerprint density at radius 3 is 3.00 bits per heavy atom. The van der Waals surface area contributed by atoms with E-state index < -0.39 is 0 Å². The molecule has 1 aromatic heterocycles. The molecule has 112 valence electrons. The number of halogens is 1. The molecule has 5 heteroatoms. The van der Waals surface area contributed by atoms with E-state index in [4.69, 9.17) is 0 Å². The Kier molecular flexibility index (Phi) is 4.73. The van der Waals surface area contributed by atoms with E-state index in [9.17, 15) is 5.11 Å². The van der Waals surface area contributed by atoms with E-state index in [1.54, 1.807) is 0 Å². The summed E-state index contributed by atoms with van der Waals surface area (Å²) >= 11 is 3.60. The molecule has 1 atom stereocenters. The van der Waals surface area contributed by atoms with Crippen molar-refractivity contribution >= 4 is 32.5 Å². The van der Waals surface area contributed by atoms with Crippen molar-refractivity contribution in [2.75, 3.05) is 31.1 Å². The van der Waals surface area contributed by atoms with Gasteiger partial charge in [-0.1, -0.05) is 28.1 Å². The maximum atomic E-state index is 9.40. The Morgan fingerprint density at radius 1 is 1.33 bits per heavy atom. The zero-order chi connectivity index (χ0) is 14.7. The van der Waals surface area contributed by atoms with Gasteiger partial charge in [0.15, 0.2) is 0 Å². The van der Waals surface area contributed by atoms with E-state index in [0.717, 1.165) is 34.2 Å². The Hall–Kier alpha value is -1.17. The number of aromatic nitrogens is 1. The van der Waals surface area contributed by atoms with E-state index in [2.05, 4.69) is 37.2 Å². The second kappa shape index (κ2) is 6.73. The molecule has 1 aliphatic heterocycles. The second-order valence-corrected chi connectivity index (χ2v) is 6.29. The first-order valence-electron chi connectivity index (χ1n) is 7.42. The number of hydrogen-bond donors (Lipinski definition) is 2. The van der Waals surface area contributed by atoms with Gasteiger partial charge in [-0.2, -0.15) is 0 Å². The van der Waals surface area contributed by atoms with Crippen molar-refractivity contribution in [3.05, 3.63) is 34.9 Å². The van der Waals surface area contributed by atoms with Crippen LogP contribution < -0.4 is 10.2 Å². The third kappa shape index (κ3) is 3.20. The van der Waals surface area contributed by atoms with Crippen molar-refractivity contribution in [3.8, 4) is 0 Å². The minimum atomic E-state index is 0.138. The number of benzene rings is 1. The Bertz CT molecular complexity index is 613. The van der Waals surface area contributed by atoms with Crippen molar-refractivity contribution in [2.45, 2.75) is 18.9 Å². The average molecular weight is 350 g/mol. The van der Waals surface area contributed by atoms with Crippen LogP contribution in [0.25, 0.3) is 10.8 Å². The molecular weight excluding hydrogens is 330 g/mol. The minimum absolute atomic E-state index is 0.138. The molecule has 1 unspecified atom stereocenters. The van der Waals surface area contributed by atoms with Gasteiger partial charge in [-0.25, -0.2) is 4.98 Å². The summed E-state index contributed by atoms with van der Waals surface area (Å²) in [5, 5.41) is 15.2. The normalized spacial score (nSPS) is 18.3. The number of nitrogens with zero attached hydrogens (tertiary/aromatic N) is 2. The largest absolute Gasteiger partial charge is 0.395 e. The van der Waals surface area contributed by atoms with E-state index in [0.29, 0.717) is 12.6 Å². The number of pyridine rings is 1. The van der Waals surface area contributed by atoms with E-state index >= 15 is 0 Å². The summed E-state index contributed by atoms with van der Waals surface area (Å²) in [6.45, 7) is 2.72. The van der Waals surface area contributed by atoms with Crippen molar-refractivity contribution in [2.24, 2.45) is 0 Å². The van der Waals surface area contributed by atoms with Crippen LogP contribution in [0.15, 0.2) is 34.9 Å². The summed E-state index contributed by atoms with van der Waals surface area (Å²) in [4.78, 5) is 6.77. The summed E-state index contributed by atoms with van der Waals surface area (Å²) in [5.41, 5.74) is 0. The Balaban J connectivity index is 1.96. The number of hydrogen-bond acceptors (Lipinski definition) is 4. The standard InChI is InChI=1S/C16H20BrN3O/c17-15-5-1-4-14-13(15)6-8-19-16(14)20(9-10-21)11-12-3-2-7-18-12/h1,4-6,8,12,18,21H,2-3,7,9-11H2. The van der Waals surface area contributed by atoms with Gasteiger partial charge in [0, 0.05) is 40.6 Å². The van der Waals surface area contributed by atoms with Crippen molar-refractivity contribution < 1.29 is 5.11 Å². The summed E-state index contributed by atoms with van der Waals surface area (Å²) < 4.78 is 1.08. The Labute approximate surface area is 133 Å². The molecular formula is C16H20BrN3O. The summed E-state index contributed by atoms with van der Waals surface area (Å²) in [7, 11) is 0. The minimum Gasteiger partial charge on any atom is -0.395 e. The topological polar surface area (TPSA) is 48.4 Å². The molecule has 4 nitrogen and oxygen atoms in total. The lowest BCUT2D eigenvalue weighted by molar-refractivity contribution is 0.300. The SMILES string of the molecule is OCCN(CC1CCCN1)c1nccc2c(Br)cccc12. The van der Waals surface area contributed by atoms with Gasteiger partial charge in [0.1, 0.15) is 5.82 Å². The summed E-state index contributed by atoms with van der Waals surface area (Å²) in [6.07, 6.45) is 4.26. The van der Waals surface area contributed by atoms with Gasteiger partial charge in [-0.15, -0.1) is 0 Å². The van der Waals surface area contributed by atoms with Crippen molar-refractivity contribution in [1.82, 2.24) is 10.3 Å². The van der Waals surface area contributed by atoms with Crippen LogP contribution in [-0.2, 0) is 0 Å². The van der Waals surface area contributed by atoms with Crippen LogP contribution in [-0.4, -0.2) is 42.4 Å². The molecule has 3 rings (SSSR count). The molecule has 2 aromatic rings. The molecule has 2 N–H and O–H groups in total. The maximum Gasteiger partial charge on any atom is 0.136 e. The molecule has 0 amide bonds. The van der Waals surface area contributed by atoms with Crippen LogP contribution in [0.2, 0.25) is 0 Å². The smallest absolute Gasteiger partial charge is 0.136 e. The molecule has 0 bridgehead atoms. The van der Waals surface area contributed by atoms with Gasteiger partial charge in [0.2, 0.25) is 0 Å². The molecule has 1 saturated heterocycles. The molecule has 0 aliphatic carbocycles. The van der Waals surface area contributed by atoms with Crippen LogP contribution in [0.5, 0.6) is 0 Å². The number of rotatable bonds is 5. The van der Waals surface area contributed by atoms with Gasteiger partial charge in [0.05, 0.1) is 6.61 Å². The third-order valence-electron chi connectivity index (χ3n) is 4.00. The fourth-order valence-corrected chi connectivity index (χ4v) is 3.49. The summed E-state index contributed by atoms with van der Waals surface area (Å²) in [5.74, 6) is 0.955. The first-order valence-corrected chi connectivity index (χ1v) is 8.21. The summed E-state index contributed by atoms with van der Waals surface area (Å²) in [6, 6.07) is 8.67. The molecule has 0 saturated carbocycles. The number of aliphatic hydroxyl groups is 1. The predicted molar refractivity (Wildman–Crippen MR) is 89.8 cm³/mol. The van der Waals surface area contributed by atoms with Crippen molar-refractivity contribution in [1.29, 1.82) is 0 Å². The highest BCUT2D eigenvalue weighted by Gasteiger charge is 2.20. The van der Waals surface area contributed by atoms with Crippen LogP contribution >= 0.6 is 15.9 Å². The van der Waals surface area contributed by atoms with Crippen LogP contribution in [0.1, 0.15) is 12.8 Å². The molecule has 1 aliphatic rings. The zero-order valence-electron chi connectivity index (χ0n) is 11.9. The van der Waals surface area contributed by atoms with Crippen LogP contribution in [0.3, 0.4) is 0 Å². The number of fused-ring (bicyclic) bond motifs is 1. The lowest BCUT2D eigenvalue weighted by atomic mass is 10.1. The highest BCUT2D eigenvalue weighted by Crippen LogP contribution is 2.30. The molecule has 21 heavy (non-hydrogen) atoms. The fourth-order valence-electron chi connectivity index (χ4n) is 2.99. The monoisotopic (exact) mass is 349 g/mol. The molecule has 1 fully saturated rings. The highest BCUT2D eigenvalue weighted by atomic mass is 79.9. The number of aliphatic hydroxyl groups excluding tert-OH is 1. The van der Waals surface area contributed by atoms with E-state index in [-0.39, 0.29) is 6.61 Å². The number of anilines is 1. The molecule has 1 aromatic carbocycles. The van der Waals surface area contributed by atoms with Gasteiger partial charge in [0.25, 0.3) is 0 Å². The first kappa shape index (κ1) is 14.8. The first-order chi connectivity index (χ1) is 10.3. The van der Waals surface area contributed by atoms with Crippen LogP contribution in [0, 0.1) is 0 Å². The number of nitrogens with one attached hydrogen (secondary N) is 1. The molecule has 2 heterocycles. The van der Waals surface area contributed by atoms with Gasteiger partial charge >= 0.3 is 0 Å². The van der Waals surface area contributed by atoms with Crippen molar-refractivity contribution in [3.63, 3.8) is 0 Å². The predicted octanol–water partition coefficient (Wildman–Crippen LogP) is 2.55. The lowest BCUT2D eigenvalue weighted by Crippen LogP contribution is -2.39. The third-order valence-corrected chi connectivity index (χ3v) is 4.70. The quantitative estimate of drug-likeness (QED) is 0.870. The average Bonchev–Trinajstić information content (AvgIpc) is 3.00.